The quantitative estimate of drug-likeness (QED) is 0.359. The predicted molar refractivity (Wildman–Crippen MR) is 109 cm³/mol. The minimum Gasteiger partial charge on any atom is -0.350 e. The number of aromatic nitrogens is 3. The largest absolute Gasteiger partial charge is 0.350 e. The van der Waals surface area contributed by atoms with Crippen LogP contribution in [0.3, 0.4) is 0 Å². The van der Waals surface area contributed by atoms with E-state index in [0.717, 1.165) is 10.9 Å². The lowest BCUT2D eigenvalue weighted by Gasteiger charge is -2.10. The van der Waals surface area contributed by atoms with E-state index >= 15 is 0 Å². The second kappa shape index (κ2) is 7.36. The number of aryl methyl sites for hydroxylation is 1. The number of nitrogens with zero attached hydrogens (tertiary/aromatic N) is 2. The van der Waals surface area contributed by atoms with E-state index in [-0.39, 0.29) is 10.5 Å². The Labute approximate surface area is 169 Å². The van der Waals surface area contributed by atoms with Crippen molar-refractivity contribution in [1.29, 1.82) is 0 Å². The van der Waals surface area contributed by atoms with Gasteiger partial charge in [-0.15, -0.1) is 0 Å². The van der Waals surface area contributed by atoms with Crippen molar-refractivity contribution < 1.29 is 14.0 Å². The van der Waals surface area contributed by atoms with Gasteiger partial charge in [-0.2, -0.15) is 0 Å². The van der Waals surface area contributed by atoms with Gasteiger partial charge in [0.05, 0.1) is 5.56 Å². The van der Waals surface area contributed by atoms with Gasteiger partial charge in [0, 0.05) is 36.0 Å². The van der Waals surface area contributed by atoms with Crippen molar-refractivity contribution >= 4 is 34.9 Å². The standard InChI is InChI=1S/C20H16FN5O2S/c1-25-11-15(14-4-2-3-5-16(14)25)18(27)23-24-19(28)17-10-22-20(29)26(17)13-8-6-12(21)7-9-13/h2-11H,1H3,(H,22,29)(H,23,27)(H,24,28). The van der Waals surface area contributed by atoms with Gasteiger partial charge in [0.1, 0.15) is 11.5 Å². The third-order valence-electron chi connectivity index (χ3n) is 4.52. The zero-order valence-corrected chi connectivity index (χ0v) is 16.1. The summed E-state index contributed by atoms with van der Waals surface area (Å²) in [5.41, 5.74) is 6.85. The third-order valence-corrected chi connectivity index (χ3v) is 4.83. The van der Waals surface area contributed by atoms with E-state index in [4.69, 9.17) is 12.2 Å². The zero-order valence-electron chi connectivity index (χ0n) is 15.3. The van der Waals surface area contributed by atoms with Crippen molar-refractivity contribution in [3.8, 4) is 5.69 Å². The maximum absolute atomic E-state index is 13.2. The Morgan fingerprint density at radius 1 is 1.03 bits per heavy atom. The number of amides is 2. The Bertz CT molecular complexity index is 1290. The van der Waals surface area contributed by atoms with Gasteiger partial charge in [0.15, 0.2) is 4.77 Å². The van der Waals surface area contributed by atoms with E-state index in [9.17, 15) is 14.0 Å². The average molecular weight is 409 g/mol. The highest BCUT2D eigenvalue weighted by molar-refractivity contribution is 7.71. The number of hydrogen-bond acceptors (Lipinski definition) is 3. The summed E-state index contributed by atoms with van der Waals surface area (Å²) in [5, 5.41) is 0.776. The maximum Gasteiger partial charge on any atom is 0.288 e. The molecule has 0 bridgehead atoms. The number of H-pyrrole nitrogens is 1. The molecule has 0 radical (unpaired) electrons. The molecule has 0 saturated heterocycles. The number of carbonyl (C=O) groups excluding carboxylic acids is 2. The molecule has 3 N–H and O–H groups in total. The molecule has 9 heteroatoms. The SMILES string of the molecule is Cn1cc(C(=O)NNC(=O)c2c[nH]c(=S)n2-c2ccc(F)cc2)c2ccccc21. The van der Waals surface area contributed by atoms with Crippen molar-refractivity contribution in [2.75, 3.05) is 0 Å². The number of halogens is 1. The second-order valence-corrected chi connectivity index (χ2v) is 6.76. The Balaban J connectivity index is 1.56. The van der Waals surface area contributed by atoms with Crippen molar-refractivity contribution in [3.05, 3.63) is 82.8 Å². The fraction of sp³-hybridized carbons (Fsp3) is 0.0500. The summed E-state index contributed by atoms with van der Waals surface area (Å²) in [6, 6.07) is 13.0. The van der Waals surface area contributed by atoms with Crippen LogP contribution in [0.1, 0.15) is 20.8 Å². The molecule has 7 nitrogen and oxygen atoms in total. The second-order valence-electron chi connectivity index (χ2n) is 6.37. The Hall–Kier alpha value is -3.72. The molecule has 0 unspecified atom stereocenters. The molecule has 2 aromatic carbocycles. The first-order chi connectivity index (χ1) is 14.0. The van der Waals surface area contributed by atoms with E-state index in [1.807, 2.05) is 35.9 Å². The predicted octanol–water partition coefficient (Wildman–Crippen LogP) is 3.24. The first-order valence-electron chi connectivity index (χ1n) is 8.67. The molecule has 29 heavy (non-hydrogen) atoms. The molecule has 0 atom stereocenters. The summed E-state index contributed by atoms with van der Waals surface area (Å²) in [4.78, 5) is 28.0. The van der Waals surface area contributed by atoms with Crippen LogP contribution in [0.25, 0.3) is 16.6 Å². The van der Waals surface area contributed by atoms with Crippen molar-refractivity contribution in [2.45, 2.75) is 0 Å². The lowest BCUT2D eigenvalue weighted by Crippen LogP contribution is -2.42. The summed E-state index contributed by atoms with van der Waals surface area (Å²) in [5.74, 6) is -1.42. The number of carbonyl (C=O) groups is 2. The van der Waals surface area contributed by atoms with E-state index in [1.165, 1.54) is 35.0 Å². The normalized spacial score (nSPS) is 10.8. The smallest absolute Gasteiger partial charge is 0.288 e. The molecule has 146 valence electrons. The molecule has 0 fully saturated rings. The van der Waals surface area contributed by atoms with Crippen molar-refractivity contribution in [3.63, 3.8) is 0 Å². The van der Waals surface area contributed by atoms with Crippen LogP contribution >= 0.6 is 12.2 Å². The van der Waals surface area contributed by atoms with Crippen LogP contribution in [0.4, 0.5) is 4.39 Å². The van der Waals surface area contributed by atoms with Gasteiger partial charge in [-0.25, -0.2) is 4.39 Å². The molecule has 0 aliphatic carbocycles. The van der Waals surface area contributed by atoms with Crippen LogP contribution in [0, 0.1) is 10.6 Å². The minimum atomic E-state index is -0.574. The number of para-hydroxylation sites is 1. The number of fused-ring (bicyclic) bond motifs is 1. The van der Waals surface area contributed by atoms with Crippen molar-refractivity contribution in [2.24, 2.45) is 7.05 Å². The fourth-order valence-corrected chi connectivity index (χ4v) is 3.41. The first-order valence-corrected chi connectivity index (χ1v) is 9.07. The molecule has 0 spiro atoms. The summed E-state index contributed by atoms with van der Waals surface area (Å²) in [7, 11) is 1.84. The van der Waals surface area contributed by atoms with Gasteiger partial charge in [0.25, 0.3) is 11.8 Å². The molecule has 2 aromatic heterocycles. The van der Waals surface area contributed by atoms with Gasteiger partial charge < -0.3 is 9.55 Å². The number of rotatable bonds is 3. The summed E-state index contributed by atoms with van der Waals surface area (Å²) < 4.78 is 16.8. The number of nitrogens with one attached hydrogen (secondary N) is 3. The van der Waals surface area contributed by atoms with Crippen LogP contribution in [0.15, 0.2) is 60.9 Å². The van der Waals surface area contributed by atoms with Crippen LogP contribution in [0.2, 0.25) is 0 Å². The topological polar surface area (TPSA) is 83.8 Å². The van der Waals surface area contributed by atoms with Gasteiger partial charge in [-0.3, -0.25) is 25.0 Å². The summed E-state index contributed by atoms with van der Waals surface area (Å²) >= 11 is 5.22. The Morgan fingerprint density at radius 2 is 1.72 bits per heavy atom. The van der Waals surface area contributed by atoms with Crippen LogP contribution in [0.5, 0.6) is 0 Å². The number of hydrazine groups is 1. The van der Waals surface area contributed by atoms with Gasteiger partial charge in [-0.05, 0) is 42.5 Å². The number of benzene rings is 2. The molecule has 2 heterocycles. The fourth-order valence-electron chi connectivity index (χ4n) is 3.15. The van der Waals surface area contributed by atoms with E-state index in [0.29, 0.717) is 11.3 Å². The Kier molecular flexibility index (Phi) is 4.73. The van der Waals surface area contributed by atoms with E-state index in [1.54, 1.807) is 6.20 Å². The molecular weight excluding hydrogens is 393 g/mol. The number of hydrogen-bond donors (Lipinski definition) is 3. The van der Waals surface area contributed by atoms with Gasteiger partial charge >= 0.3 is 0 Å². The molecule has 0 aliphatic rings. The maximum atomic E-state index is 13.2. The summed E-state index contributed by atoms with van der Waals surface area (Å²) in [6.45, 7) is 0. The molecule has 2 amide bonds. The van der Waals surface area contributed by atoms with Crippen molar-refractivity contribution in [1.82, 2.24) is 25.0 Å². The van der Waals surface area contributed by atoms with Gasteiger partial charge in [0.2, 0.25) is 0 Å². The highest BCUT2D eigenvalue weighted by Crippen LogP contribution is 2.20. The Morgan fingerprint density at radius 3 is 2.48 bits per heavy atom. The molecule has 4 aromatic rings. The van der Waals surface area contributed by atoms with E-state index < -0.39 is 17.6 Å². The molecule has 0 aliphatic heterocycles. The molecular formula is C20H16FN5O2S. The number of imidazole rings is 1. The highest BCUT2D eigenvalue weighted by atomic mass is 32.1. The average Bonchev–Trinajstić information content (AvgIpc) is 3.27. The molecule has 0 saturated carbocycles. The van der Waals surface area contributed by atoms with Gasteiger partial charge in [-0.1, -0.05) is 18.2 Å². The third kappa shape index (κ3) is 3.43. The minimum absolute atomic E-state index is 0.167. The monoisotopic (exact) mass is 409 g/mol. The first kappa shape index (κ1) is 18.6. The highest BCUT2D eigenvalue weighted by Gasteiger charge is 2.17. The zero-order chi connectivity index (χ0) is 20.5. The number of aromatic amines is 1. The lowest BCUT2D eigenvalue weighted by molar-refractivity contribution is 0.0843. The van der Waals surface area contributed by atoms with E-state index in [2.05, 4.69) is 15.8 Å². The van der Waals surface area contributed by atoms with Crippen LogP contribution < -0.4 is 10.9 Å². The summed E-state index contributed by atoms with van der Waals surface area (Å²) in [6.07, 6.45) is 3.12. The molecule has 4 rings (SSSR count). The lowest BCUT2D eigenvalue weighted by atomic mass is 10.2. The van der Waals surface area contributed by atoms with Crippen LogP contribution in [-0.2, 0) is 7.05 Å². The van der Waals surface area contributed by atoms with Crippen LogP contribution in [-0.4, -0.2) is 25.9 Å².